The summed E-state index contributed by atoms with van der Waals surface area (Å²) in [6, 6.07) is 27.3. The Morgan fingerprint density at radius 1 is 0.974 bits per heavy atom. The van der Waals surface area contributed by atoms with Gasteiger partial charge in [0.15, 0.2) is 9.84 Å². The van der Waals surface area contributed by atoms with Gasteiger partial charge >= 0.3 is 0 Å². The van der Waals surface area contributed by atoms with Gasteiger partial charge in [-0.25, -0.2) is 13.1 Å². The van der Waals surface area contributed by atoms with Crippen molar-refractivity contribution in [3.8, 4) is 16.9 Å². The lowest BCUT2D eigenvalue weighted by atomic mass is 10.1. The number of para-hydroxylation sites is 1. The summed E-state index contributed by atoms with van der Waals surface area (Å²) < 4.78 is 26.4. The summed E-state index contributed by atoms with van der Waals surface area (Å²) in [6.07, 6.45) is 5.67. The smallest absolute Gasteiger partial charge is 0.247 e. The summed E-state index contributed by atoms with van der Waals surface area (Å²) in [7, 11) is 0.790. The first kappa shape index (κ1) is 26.4. The molecular weight excluding hydrogens is 508 g/mol. The molecule has 1 saturated heterocycles. The van der Waals surface area contributed by atoms with Crippen LogP contribution in [0.3, 0.4) is 0 Å². The first-order valence-corrected chi connectivity index (χ1v) is 14.8. The Balaban J connectivity index is 1.46. The minimum Gasteiger partial charge on any atom is -0.378 e. The van der Waals surface area contributed by atoms with Crippen LogP contribution in [0, 0.1) is 0 Å². The van der Waals surface area contributed by atoms with Gasteiger partial charge in [-0.3, -0.25) is 4.79 Å². The molecule has 3 aromatic carbocycles. The molecule has 0 spiro atoms. The summed E-state index contributed by atoms with van der Waals surface area (Å²) in [5, 5.41) is 4.82. The molecule has 1 atom stereocenters. The molecule has 200 valence electrons. The van der Waals surface area contributed by atoms with Crippen LogP contribution < -0.4 is 4.90 Å². The fourth-order valence-electron chi connectivity index (χ4n) is 4.80. The van der Waals surface area contributed by atoms with E-state index in [1.807, 2.05) is 110 Å². The van der Waals surface area contributed by atoms with Crippen molar-refractivity contribution in [3.05, 3.63) is 108 Å². The van der Waals surface area contributed by atoms with Gasteiger partial charge < -0.3 is 9.80 Å². The number of anilines is 1. The summed E-state index contributed by atoms with van der Waals surface area (Å²) >= 11 is 0. The summed E-state index contributed by atoms with van der Waals surface area (Å²) in [4.78, 5) is 17.3. The van der Waals surface area contributed by atoms with Gasteiger partial charge in [0.1, 0.15) is 0 Å². The van der Waals surface area contributed by atoms with E-state index in [9.17, 15) is 13.2 Å². The van der Waals surface area contributed by atoms with E-state index in [0.29, 0.717) is 13.0 Å². The molecule has 5 rings (SSSR count). The van der Waals surface area contributed by atoms with Crippen molar-refractivity contribution >= 4 is 27.5 Å². The molecule has 1 amide bonds. The van der Waals surface area contributed by atoms with Crippen LogP contribution in [-0.2, 0) is 21.2 Å². The lowest BCUT2D eigenvalue weighted by Gasteiger charge is -2.27. The minimum absolute atomic E-state index is 0.0104. The minimum atomic E-state index is -3.16. The SMILES string of the molecule is CN(C)c1ccc(CN(C(=O)C=Cc2cn(-c3ccccc3)nc2-c2ccccc2)C2CCS(=O)(=O)C2)cc1. The van der Waals surface area contributed by atoms with E-state index >= 15 is 0 Å². The lowest BCUT2D eigenvalue weighted by molar-refractivity contribution is -0.128. The van der Waals surface area contributed by atoms with Crippen LogP contribution in [0.15, 0.2) is 97.2 Å². The highest BCUT2D eigenvalue weighted by Gasteiger charge is 2.34. The Bertz CT molecular complexity index is 1560. The van der Waals surface area contributed by atoms with Crippen molar-refractivity contribution in [1.82, 2.24) is 14.7 Å². The molecule has 1 fully saturated rings. The van der Waals surface area contributed by atoms with Crippen LogP contribution in [0.2, 0.25) is 0 Å². The fourth-order valence-corrected chi connectivity index (χ4v) is 6.53. The van der Waals surface area contributed by atoms with Crippen molar-refractivity contribution in [2.24, 2.45) is 0 Å². The number of nitrogens with zero attached hydrogens (tertiary/aromatic N) is 4. The van der Waals surface area contributed by atoms with Gasteiger partial charge in [0.05, 0.1) is 22.9 Å². The molecule has 8 heteroatoms. The molecule has 0 radical (unpaired) electrons. The van der Waals surface area contributed by atoms with E-state index in [2.05, 4.69) is 0 Å². The van der Waals surface area contributed by atoms with Crippen molar-refractivity contribution in [1.29, 1.82) is 0 Å². The van der Waals surface area contributed by atoms with E-state index in [0.717, 1.165) is 33.8 Å². The van der Waals surface area contributed by atoms with Gasteiger partial charge in [-0.1, -0.05) is 60.7 Å². The van der Waals surface area contributed by atoms with Crippen LogP contribution in [-0.4, -0.2) is 60.6 Å². The number of amides is 1. The van der Waals surface area contributed by atoms with Gasteiger partial charge in [0, 0.05) is 55.8 Å². The normalized spacial score (nSPS) is 16.4. The van der Waals surface area contributed by atoms with Crippen LogP contribution in [0.25, 0.3) is 23.0 Å². The predicted octanol–water partition coefficient (Wildman–Crippen LogP) is 4.83. The second kappa shape index (κ2) is 11.3. The summed E-state index contributed by atoms with van der Waals surface area (Å²) in [5.74, 6) is -0.128. The van der Waals surface area contributed by atoms with Gasteiger partial charge in [-0.05, 0) is 42.3 Å². The average Bonchev–Trinajstić information content (AvgIpc) is 3.54. The van der Waals surface area contributed by atoms with E-state index in [1.165, 1.54) is 6.08 Å². The number of hydrogen-bond acceptors (Lipinski definition) is 5. The molecule has 0 aliphatic carbocycles. The molecule has 0 saturated carbocycles. The van der Waals surface area contributed by atoms with Crippen molar-refractivity contribution in [2.75, 3.05) is 30.5 Å². The fraction of sp³-hybridized carbons (Fsp3) is 0.226. The second-order valence-corrected chi connectivity index (χ2v) is 12.2. The van der Waals surface area contributed by atoms with Crippen molar-refractivity contribution < 1.29 is 13.2 Å². The van der Waals surface area contributed by atoms with Crippen LogP contribution in [0.4, 0.5) is 5.69 Å². The van der Waals surface area contributed by atoms with Gasteiger partial charge in [0.25, 0.3) is 0 Å². The maximum atomic E-state index is 13.6. The highest BCUT2D eigenvalue weighted by atomic mass is 32.2. The van der Waals surface area contributed by atoms with E-state index in [-0.39, 0.29) is 23.5 Å². The van der Waals surface area contributed by atoms with E-state index in [4.69, 9.17) is 5.10 Å². The summed E-state index contributed by atoms with van der Waals surface area (Å²) in [6.45, 7) is 0.339. The number of carbonyl (C=O) groups excluding carboxylic acids is 1. The Hall–Kier alpha value is -4.17. The zero-order valence-electron chi connectivity index (χ0n) is 22.1. The molecule has 39 heavy (non-hydrogen) atoms. The predicted molar refractivity (Wildman–Crippen MR) is 156 cm³/mol. The van der Waals surface area contributed by atoms with Gasteiger partial charge in [-0.2, -0.15) is 5.10 Å². The molecule has 1 aliphatic rings. The zero-order valence-corrected chi connectivity index (χ0v) is 23.0. The molecule has 1 unspecified atom stereocenters. The van der Waals surface area contributed by atoms with Gasteiger partial charge in [-0.15, -0.1) is 0 Å². The Kier molecular flexibility index (Phi) is 7.65. The van der Waals surface area contributed by atoms with Crippen molar-refractivity contribution in [2.45, 2.75) is 19.0 Å². The first-order chi connectivity index (χ1) is 18.8. The highest BCUT2D eigenvalue weighted by Crippen LogP contribution is 2.26. The van der Waals surface area contributed by atoms with Crippen LogP contribution in [0.5, 0.6) is 0 Å². The number of sulfone groups is 1. The second-order valence-electron chi connectivity index (χ2n) is 10.00. The Labute approximate surface area is 229 Å². The third-order valence-electron chi connectivity index (χ3n) is 6.95. The van der Waals surface area contributed by atoms with Crippen LogP contribution >= 0.6 is 0 Å². The van der Waals surface area contributed by atoms with E-state index < -0.39 is 9.84 Å². The largest absolute Gasteiger partial charge is 0.378 e. The quantitative estimate of drug-likeness (QED) is 0.299. The molecule has 4 aromatic rings. The maximum Gasteiger partial charge on any atom is 0.247 e. The Morgan fingerprint density at radius 3 is 2.26 bits per heavy atom. The third-order valence-corrected chi connectivity index (χ3v) is 8.70. The molecule has 1 aromatic heterocycles. The molecule has 7 nitrogen and oxygen atoms in total. The van der Waals surface area contributed by atoms with Crippen molar-refractivity contribution in [3.63, 3.8) is 0 Å². The third kappa shape index (κ3) is 6.29. The standard InChI is InChI=1S/C31H32N4O3S/c1-33(2)27-16-13-24(14-17-27)21-34(29-19-20-39(37,38)23-29)30(36)18-15-26-22-35(28-11-7-4-8-12-28)32-31(26)25-9-5-3-6-10-25/h3-18,22,29H,19-21,23H2,1-2H3. The van der Waals surface area contributed by atoms with Crippen LogP contribution in [0.1, 0.15) is 17.5 Å². The molecular formula is C31H32N4O3S. The number of rotatable bonds is 8. The first-order valence-electron chi connectivity index (χ1n) is 12.9. The maximum absolute atomic E-state index is 13.6. The summed E-state index contributed by atoms with van der Waals surface area (Å²) in [5.41, 5.74) is 5.43. The molecule has 1 aliphatic heterocycles. The number of benzene rings is 3. The molecule has 2 heterocycles. The van der Waals surface area contributed by atoms with E-state index in [1.54, 1.807) is 15.7 Å². The number of aromatic nitrogens is 2. The average molecular weight is 541 g/mol. The lowest BCUT2D eigenvalue weighted by Crippen LogP contribution is -2.39. The molecule has 0 bridgehead atoms. The zero-order chi connectivity index (χ0) is 27.4. The Morgan fingerprint density at radius 2 is 1.64 bits per heavy atom. The number of hydrogen-bond donors (Lipinski definition) is 0. The highest BCUT2D eigenvalue weighted by molar-refractivity contribution is 7.91. The monoisotopic (exact) mass is 540 g/mol. The number of carbonyl (C=O) groups is 1. The van der Waals surface area contributed by atoms with Gasteiger partial charge in [0.2, 0.25) is 5.91 Å². The topological polar surface area (TPSA) is 75.5 Å². The molecule has 0 N–H and O–H groups in total.